The summed E-state index contributed by atoms with van der Waals surface area (Å²) in [6.07, 6.45) is 0. The van der Waals surface area contributed by atoms with Crippen LogP contribution in [0.15, 0.2) is 158 Å². The van der Waals surface area contributed by atoms with Crippen LogP contribution in [-0.4, -0.2) is 44.3 Å². The third kappa shape index (κ3) is 12.7. The maximum atomic E-state index is 6.98. The predicted molar refractivity (Wildman–Crippen MR) is 280 cm³/mol. The molecule has 12 heteroatoms. The minimum absolute atomic E-state index is 0.321. The summed E-state index contributed by atoms with van der Waals surface area (Å²) in [7, 11) is -9.35. The summed E-state index contributed by atoms with van der Waals surface area (Å²) >= 11 is 2.99. The average molecular weight is 934 g/mol. The first-order valence-corrected chi connectivity index (χ1v) is 34.6. The van der Waals surface area contributed by atoms with E-state index in [0.717, 1.165) is 55.6 Å². The number of hydrogen-bond acceptors (Lipinski definition) is 8. The quantitative estimate of drug-likeness (QED) is 0.0588. The monoisotopic (exact) mass is 932 g/mol. The Morgan fingerprint density at radius 3 is 1.03 bits per heavy atom. The Kier molecular flexibility index (Phi) is 15.8. The molecule has 0 saturated heterocycles. The van der Waals surface area contributed by atoms with Gasteiger partial charge in [-0.15, -0.1) is 0 Å². The Morgan fingerprint density at radius 2 is 0.694 bits per heavy atom. The molecule has 0 aliphatic carbocycles. The van der Waals surface area contributed by atoms with E-state index in [9.17, 15) is 0 Å². The highest BCUT2D eigenvalue weighted by Crippen LogP contribution is 2.39. The van der Waals surface area contributed by atoms with Gasteiger partial charge in [-0.1, -0.05) is 113 Å². The molecule has 0 aromatic heterocycles. The number of rotatable bonds is 19. The van der Waals surface area contributed by atoms with Crippen LogP contribution in [0.1, 0.15) is 27.7 Å². The Morgan fingerprint density at radius 1 is 0.371 bits per heavy atom. The Hall–Kier alpha value is -3.67. The maximum absolute atomic E-state index is 6.98. The first-order chi connectivity index (χ1) is 29.3. The molecule has 0 unspecified atom stereocenters. The molecule has 326 valence electrons. The molecule has 0 bridgehead atoms. The predicted octanol–water partition coefficient (Wildman–Crippen LogP) is 14.7. The zero-order chi connectivity index (χ0) is 44.7. The van der Waals surface area contributed by atoms with Crippen molar-refractivity contribution in [3.63, 3.8) is 0 Å². The summed E-state index contributed by atoms with van der Waals surface area (Å²) in [4.78, 5) is 4.63. The van der Waals surface area contributed by atoms with Gasteiger partial charge in [0.25, 0.3) is 0 Å². The molecule has 6 aromatic rings. The van der Waals surface area contributed by atoms with Crippen LogP contribution in [0.2, 0.25) is 52.4 Å². The number of hydrogen-bond donors (Lipinski definition) is 0. The van der Waals surface area contributed by atoms with E-state index in [0.29, 0.717) is 10.5 Å². The Balaban J connectivity index is 1.33. The van der Waals surface area contributed by atoms with Gasteiger partial charge in [0.15, 0.2) is 16.6 Å². The lowest BCUT2D eigenvalue weighted by Crippen LogP contribution is -2.60. The van der Waals surface area contributed by atoms with Crippen LogP contribution in [-0.2, 0) is 16.0 Å². The highest BCUT2D eigenvalue weighted by atomic mass is 32.2. The summed E-state index contributed by atoms with van der Waals surface area (Å²) in [5.74, 6) is 0. The van der Waals surface area contributed by atoms with Crippen LogP contribution in [0.3, 0.4) is 0 Å². The van der Waals surface area contributed by atoms with E-state index in [4.69, 9.17) is 16.0 Å². The molecule has 0 aliphatic heterocycles. The van der Waals surface area contributed by atoms with Gasteiger partial charge in [0.1, 0.15) is 0 Å². The lowest BCUT2D eigenvalue weighted by Gasteiger charge is -2.39. The molecule has 6 rings (SSSR count). The van der Waals surface area contributed by atoms with E-state index in [1.54, 1.807) is 0 Å². The van der Waals surface area contributed by atoms with Crippen LogP contribution in [0.25, 0.3) is 11.1 Å². The minimum atomic E-state index is -2.78. The zero-order valence-corrected chi connectivity index (χ0v) is 44.1. The molecule has 0 atom stereocenters. The van der Waals surface area contributed by atoms with Gasteiger partial charge in [-0.3, -0.25) is 0 Å². The summed E-state index contributed by atoms with van der Waals surface area (Å²) in [6, 6.07) is 56.4. The Bertz CT molecular complexity index is 2310. The zero-order valence-electron chi connectivity index (χ0n) is 38.5. The third-order valence-electron chi connectivity index (χ3n) is 9.67. The highest BCUT2D eigenvalue weighted by molar-refractivity contribution is 7.97. The fourth-order valence-electron chi connectivity index (χ4n) is 7.30. The number of anilines is 6. The molecule has 6 nitrogen and oxygen atoms in total. The summed E-state index contributed by atoms with van der Waals surface area (Å²) < 4.78 is 27.1. The molecule has 6 aromatic carbocycles. The topological polar surface area (TPSA) is 43.4 Å². The molecule has 0 saturated carbocycles. The van der Waals surface area contributed by atoms with Crippen LogP contribution in [0.4, 0.5) is 34.1 Å². The molecular formula is C50H64N2O4S2Si4. The van der Waals surface area contributed by atoms with Gasteiger partial charge < -0.3 is 25.8 Å². The molecule has 0 spiro atoms. The molecule has 0 fully saturated rings. The van der Waals surface area contributed by atoms with E-state index < -0.39 is 33.8 Å². The lowest BCUT2D eigenvalue weighted by atomic mass is 10.0. The van der Waals surface area contributed by atoms with Crippen molar-refractivity contribution in [2.24, 2.45) is 0 Å². The van der Waals surface area contributed by atoms with E-state index in [2.05, 4.69) is 248 Å². The number of benzene rings is 6. The van der Waals surface area contributed by atoms with Gasteiger partial charge >= 0.3 is 17.1 Å². The van der Waals surface area contributed by atoms with Gasteiger partial charge in [-0.05, 0) is 171 Å². The van der Waals surface area contributed by atoms with Crippen LogP contribution >= 0.6 is 24.1 Å². The van der Waals surface area contributed by atoms with Gasteiger partial charge in [0.05, 0.1) is 0 Å². The molecular weight excluding hydrogens is 869 g/mol. The van der Waals surface area contributed by atoms with Gasteiger partial charge in [-0.2, -0.15) is 0 Å². The molecule has 0 aliphatic rings. The maximum Gasteiger partial charge on any atom is 0.392 e. The molecule has 62 heavy (non-hydrogen) atoms. The van der Waals surface area contributed by atoms with Crippen molar-refractivity contribution in [3.8, 4) is 11.1 Å². The average Bonchev–Trinajstić information content (AvgIpc) is 3.23. The third-order valence-corrected chi connectivity index (χ3v) is 24.5. The second-order valence-corrected chi connectivity index (χ2v) is 36.9. The first kappa shape index (κ1) is 47.8. The lowest BCUT2D eigenvalue weighted by molar-refractivity contribution is 0.404. The summed E-state index contributed by atoms with van der Waals surface area (Å²) in [6.45, 7) is 26.5. The van der Waals surface area contributed by atoms with Crippen LogP contribution in [0, 0.1) is 0 Å². The van der Waals surface area contributed by atoms with Crippen molar-refractivity contribution in [2.75, 3.05) is 9.80 Å². The molecule has 0 N–H and O–H groups in total. The van der Waals surface area contributed by atoms with Crippen molar-refractivity contribution >= 4 is 102 Å². The second kappa shape index (κ2) is 20.4. The Labute approximate surface area is 385 Å². The number of nitrogens with zero attached hydrogens (tertiary/aromatic N) is 2. The summed E-state index contributed by atoms with van der Waals surface area (Å²) in [5.41, 5.74) is 8.71. The first-order valence-electron chi connectivity index (χ1n) is 21.5. The van der Waals surface area contributed by atoms with E-state index in [-0.39, 0.29) is 0 Å². The smallest absolute Gasteiger partial charge is 0.392 e. The fraction of sp³-hybridized carbons (Fsp3) is 0.280. The van der Waals surface area contributed by atoms with E-state index >= 15 is 0 Å². The van der Waals surface area contributed by atoms with Gasteiger partial charge in [0.2, 0.25) is 0 Å². The molecule has 0 radical (unpaired) electrons. The van der Waals surface area contributed by atoms with Crippen molar-refractivity contribution in [1.82, 2.24) is 0 Å². The second-order valence-electron chi connectivity index (χ2n) is 18.3. The minimum Gasteiger partial charge on any atom is -0.433 e. The SMILES string of the molecule is CC(C)SO[Si](C)(OSC(C)C)c1cccc(N(c2ccccc2)c2ccc(-c3ccc(N(c4ccccc4)c4cccc([Si](C)(O[Si](C)(C)C)O[Si](C)(C)C)c4)cc3)cc2)c1. The highest BCUT2D eigenvalue weighted by Gasteiger charge is 2.42. The van der Waals surface area contributed by atoms with Crippen molar-refractivity contribution < 1.29 is 16.0 Å². The van der Waals surface area contributed by atoms with E-state index in [1.807, 2.05) is 0 Å². The standard InChI is InChI=1S/C50H64N2O4S2Si4/c1-39(2)57-53-61(11,54-58-40(3)4)49-27-19-25-47(37-49)51(43-21-15-13-16-22-43)45-33-29-41(30-34-45)42-31-35-46(36-32-42)52(44-23-17-14-18-24-44)48-26-20-28-50(38-48)62(12,55-59(5,6)7)56-60(8,9)10/h13-40H,1-12H3. The fourth-order valence-corrected chi connectivity index (χ4v) is 23.9. The normalized spacial score (nSPS) is 12.5. The molecule has 0 amide bonds. The van der Waals surface area contributed by atoms with Crippen LogP contribution in [0.5, 0.6) is 0 Å². The number of para-hydroxylation sites is 2. The van der Waals surface area contributed by atoms with Crippen molar-refractivity contribution in [3.05, 3.63) is 158 Å². The van der Waals surface area contributed by atoms with Gasteiger partial charge in [-0.25, -0.2) is 0 Å². The van der Waals surface area contributed by atoms with Crippen molar-refractivity contribution in [1.29, 1.82) is 0 Å². The van der Waals surface area contributed by atoms with E-state index in [1.165, 1.54) is 24.1 Å². The van der Waals surface area contributed by atoms with Crippen molar-refractivity contribution in [2.45, 2.75) is 90.6 Å². The largest absolute Gasteiger partial charge is 0.433 e. The molecule has 0 heterocycles. The summed E-state index contributed by atoms with van der Waals surface area (Å²) in [5, 5.41) is 2.88. The van der Waals surface area contributed by atoms with Gasteiger partial charge in [0, 0.05) is 44.6 Å². The van der Waals surface area contributed by atoms with Crippen LogP contribution < -0.4 is 20.2 Å².